The van der Waals surface area contributed by atoms with Crippen LogP contribution in [-0.4, -0.2) is 59.9 Å². The summed E-state index contributed by atoms with van der Waals surface area (Å²) in [5.74, 6) is 0.287. The lowest BCUT2D eigenvalue weighted by atomic mass is 10.2. The minimum absolute atomic E-state index is 0.162. The van der Waals surface area contributed by atoms with E-state index >= 15 is 4.39 Å². The maximum Gasteiger partial charge on any atom is 0.176 e. The summed E-state index contributed by atoms with van der Waals surface area (Å²) >= 11 is 7.13. The maximum absolute atomic E-state index is 15.2. The molecule has 0 bridgehead atoms. The second-order valence-corrected chi connectivity index (χ2v) is 10.4. The Morgan fingerprint density at radius 1 is 1.11 bits per heavy atom. The molecular weight excluding hydrogens is 521 g/mol. The summed E-state index contributed by atoms with van der Waals surface area (Å²) in [6.45, 7) is 6.82. The van der Waals surface area contributed by atoms with Crippen LogP contribution in [0.5, 0.6) is 11.5 Å². The third-order valence-corrected chi connectivity index (χ3v) is 7.94. The zero-order valence-corrected chi connectivity index (χ0v) is 23.1. The third kappa shape index (κ3) is 5.78. The van der Waals surface area contributed by atoms with E-state index in [1.165, 1.54) is 17.4 Å². The highest BCUT2D eigenvalue weighted by Gasteiger charge is 2.26. The fourth-order valence-electron chi connectivity index (χ4n) is 4.36. The van der Waals surface area contributed by atoms with Crippen LogP contribution < -0.4 is 15.0 Å². The van der Waals surface area contributed by atoms with Crippen LogP contribution >= 0.6 is 23.6 Å². The zero-order chi connectivity index (χ0) is 26.5. The summed E-state index contributed by atoms with van der Waals surface area (Å²) in [5.41, 5.74) is 3.47. The smallest absolute Gasteiger partial charge is 0.176 e. The summed E-state index contributed by atoms with van der Waals surface area (Å²) in [7, 11) is 1.69. The molecule has 1 aliphatic rings. The number of halogens is 1. The van der Waals surface area contributed by atoms with E-state index in [1.54, 1.807) is 25.4 Å². The predicted octanol–water partition coefficient (Wildman–Crippen LogP) is 5.84. The number of fused-ring (bicyclic) bond motifs is 1. The van der Waals surface area contributed by atoms with Crippen molar-refractivity contribution in [3.05, 3.63) is 66.2 Å². The lowest BCUT2D eigenvalue weighted by Crippen LogP contribution is -2.32. The quantitative estimate of drug-likeness (QED) is 0.184. The molecular formula is C28H30FN5O2S2. The number of rotatable bonds is 11. The number of nitrogens with one attached hydrogen (secondary N) is 1. The molecule has 0 unspecified atom stereocenters. The van der Waals surface area contributed by atoms with Crippen LogP contribution in [0.4, 0.5) is 10.1 Å². The molecule has 5 rings (SSSR count). The van der Waals surface area contributed by atoms with E-state index in [0.717, 1.165) is 76.3 Å². The van der Waals surface area contributed by atoms with Crippen molar-refractivity contribution in [2.75, 3.05) is 44.8 Å². The van der Waals surface area contributed by atoms with Gasteiger partial charge in [-0.05, 0) is 48.5 Å². The van der Waals surface area contributed by atoms with Crippen LogP contribution in [0.15, 0.2) is 54.9 Å². The molecule has 4 heterocycles. The number of pyridine rings is 2. The molecule has 0 atom stereocenters. The number of thiocarbonyl (C=S) groups is 1. The van der Waals surface area contributed by atoms with Crippen LogP contribution in [0.3, 0.4) is 0 Å². The Balaban J connectivity index is 1.32. The van der Waals surface area contributed by atoms with E-state index in [0.29, 0.717) is 12.4 Å². The number of aromatic nitrogens is 2. The second-order valence-electron chi connectivity index (χ2n) is 8.99. The average molecular weight is 552 g/mol. The van der Waals surface area contributed by atoms with Gasteiger partial charge < -0.3 is 24.6 Å². The van der Waals surface area contributed by atoms with Crippen LogP contribution in [0, 0.1) is 5.82 Å². The maximum atomic E-state index is 15.2. The predicted molar refractivity (Wildman–Crippen MR) is 155 cm³/mol. The van der Waals surface area contributed by atoms with Crippen LogP contribution in [0.1, 0.15) is 18.9 Å². The van der Waals surface area contributed by atoms with Crippen molar-refractivity contribution >= 4 is 44.6 Å². The molecule has 1 aromatic carbocycles. The summed E-state index contributed by atoms with van der Waals surface area (Å²) in [5, 5.41) is 4.06. The summed E-state index contributed by atoms with van der Waals surface area (Å²) < 4.78 is 27.1. The molecule has 0 aliphatic carbocycles. The minimum Gasteiger partial charge on any atom is -0.453 e. The monoisotopic (exact) mass is 551 g/mol. The van der Waals surface area contributed by atoms with Gasteiger partial charge in [0, 0.05) is 70.0 Å². The Morgan fingerprint density at radius 2 is 2.00 bits per heavy atom. The van der Waals surface area contributed by atoms with E-state index < -0.39 is 5.82 Å². The number of nitrogens with zero attached hydrogens (tertiary/aromatic N) is 4. The number of anilines is 1. The van der Waals surface area contributed by atoms with E-state index in [-0.39, 0.29) is 5.75 Å². The van der Waals surface area contributed by atoms with Gasteiger partial charge in [-0.3, -0.25) is 9.97 Å². The largest absolute Gasteiger partial charge is 0.453 e. The van der Waals surface area contributed by atoms with Gasteiger partial charge in [0.25, 0.3) is 0 Å². The lowest BCUT2D eigenvalue weighted by molar-refractivity contribution is 0.199. The Kier molecular flexibility index (Phi) is 8.43. The van der Waals surface area contributed by atoms with Crippen molar-refractivity contribution in [3.8, 4) is 22.1 Å². The van der Waals surface area contributed by atoms with Crippen LogP contribution in [0.2, 0.25) is 0 Å². The van der Waals surface area contributed by atoms with Crippen molar-refractivity contribution < 1.29 is 13.9 Å². The highest BCUT2D eigenvalue weighted by Crippen LogP contribution is 2.39. The Labute approximate surface area is 231 Å². The molecule has 1 fully saturated rings. The molecule has 0 spiro atoms. The number of thiophene rings is 1. The first-order valence-corrected chi connectivity index (χ1v) is 13.9. The Hall–Kier alpha value is -3.18. The molecule has 0 radical (unpaired) electrons. The van der Waals surface area contributed by atoms with Gasteiger partial charge >= 0.3 is 0 Å². The van der Waals surface area contributed by atoms with Gasteiger partial charge in [0.2, 0.25) is 0 Å². The molecule has 1 saturated heterocycles. The van der Waals surface area contributed by atoms with Gasteiger partial charge in [0.1, 0.15) is 5.75 Å². The minimum atomic E-state index is -0.433. The van der Waals surface area contributed by atoms with Gasteiger partial charge in [0.05, 0.1) is 27.4 Å². The average Bonchev–Trinajstić information content (AvgIpc) is 3.53. The molecule has 38 heavy (non-hydrogen) atoms. The fraction of sp³-hybridized carbons (Fsp3) is 0.321. The van der Waals surface area contributed by atoms with E-state index in [1.807, 2.05) is 29.3 Å². The van der Waals surface area contributed by atoms with E-state index in [9.17, 15) is 0 Å². The first-order chi connectivity index (χ1) is 18.6. The molecule has 0 saturated carbocycles. The van der Waals surface area contributed by atoms with Crippen molar-refractivity contribution in [3.63, 3.8) is 0 Å². The molecule has 3 aromatic heterocycles. The number of ether oxygens (including phenoxy) is 2. The van der Waals surface area contributed by atoms with Gasteiger partial charge in [-0.1, -0.05) is 13.0 Å². The standard InChI is InChI=1S/C28H30FN5O2S2/c1-3-11-33-12-13-34(28(33)37)20-5-7-24(21(29)15-20)36-25-8-9-31-23-16-26(38-27(23)25)22-6-4-19(18-32-22)17-30-10-14-35-2/h4-9,15-16,18,30H,3,10-14,17H2,1-2H3. The van der Waals surface area contributed by atoms with Crippen molar-refractivity contribution in [2.24, 2.45) is 0 Å². The summed E-state index contributed by atoms with van der Waals surface area (Å²) in [6.07, 6.45) is 4.57. The highest BCUT2D eigenvalue weighted by molar-refractivity contribution is 7.80. The zero-order valence-electron chi connectivity index (χ0n) is 21.4. The van der Waals surface area contributed by atoms with Gasteiger partial charge in [-0.15, -0.1) is 11.3 Å². The van der Waals surface area contributed by atoms with Crippen molar-refractivity contribution in [2.45, 2.75) is 19.9 Å². The van der Waals surface area contributed by atoms with Gasteiger partial charge in [-0.25, -0.2) is 4.39 Å². The highest BCUT2D eigenvalue weighted by atomic mass is 32.1. The molecule has 1 N–H and O–H groups in total. The summed E-state index contributed by atoms with van der Waals surface area (Å²) in [6, 6.07) is 12.8. The fourth-order valence-corrected chi connectivity index (χ4v) is 5.78. The Morgan fingerprint density at radius 3 is 2.76 bits per heavy atom. The van der Waals surface area contributed by atoms with Crippen molar-refractivity contribution in [1.29, 1.82) is 0 Å². The van der Waals surface area contributed by atoms with Gasteiger partial charge in [-0.2, -0.15) is 0 Å². The third-order valence-electron chi connectivity index (χ3n) is 6.30. The molecule has 10 heteroatoms. The molecule has 4 aromatic rings. The first kappa shape index (κ1) is 26.4. The molecule has 7 nitrogen and oxygen atoms in total. The van der Waals surface area contributed by atoms with Crippen molar-refractivity contribution in [1.82, 2.24) is 20.2 Å². The van der Waals surface area contributed by atoms with Gasteiger partial charge in [0.15, 0.2) is 16.7 Å². The summed E-state index contributed by atoms with van der Waals surface area (Å²) in [4.78, 5) is 14.2. The van der Waals surface area contributed by atoms with E-state index in [4.69, 9.17) is 21.7 Å². The SMILES string of the molecule is CCCN1CCN(c2ccc(Oc3ccnc4cc(-c5ccc(CNCCOC)cn5)sc34)c(F)c2)C1=S. The molecule has 1 aliphatic heterocycles. The normalized spacial score (nSPS) is 13.6. The molecule has 0 amide bonds. The number of hydrogen-bond donors (Lipinski definition) is 1. The van der Waals surface area contributed by atoms with Crippen LogP contribution in [0.25, 0.3) is 20.8 Å². The number of methoxy groups -OCH3 is 1. The first-order valence-electron chi connectivity index (χ1n) is 12.6. The number of benzene rings is 1. The molecule has 198 valence electrons. The topological polar surface area (TPSA) is 62.8 Å². The van der Waals surface area contributed by atoms with E-state index in [2.05, 4.69) is 33.2 Å². The Bertz CT molecular complexity index is 1410. The van der Waals surface area contributed by atoms with Crippen LogP contribution in [-0.2, 0) is 11.3 Å². The lowest BCUT2D eigenvalue weighted by Gasteiger charge is -2.22. The number of hydrogen-bond acceptors (Lipinski definition) is 7. The second kappa shape index (κ2) is 12.1.